The van der Waals surface area contributed by atoms with Crippen molar-refractivity contribution in [1.29, 1.82) is 0 Å². The molecule has 3 N–H and O–H groups in total. The van der Waals surface area contributed by atoms with Gasteiger partial charge in [-0.1, -0.05) is 15.9 Å². The van der Waals surface area contributed by atoms with Gasteiger partial charge in [-0.15, -0.1) is 0 Å². The number of aryl methyl sites for hydroxylation is 1. The van der Waals surface area contributed by atoms with E-state index in [9.17, 15) is 4.79 Å². The zero-order valence-electron chi connectivity index (χ0n) is 11.4. The molecule has 0 heterocycles. The molecule has 0 radical (unpaired) electrons. The number of hydrogen-bond acceptors (Lipinski definition) is 2. The molecule has 0 bridgehead atoms. The number of benzene rings is 1. The lowest BCUT2D eigenvalue weighted by Gasteiger charge is -2.10. The van der Waals surface area contributed by atoms with Crippen molar-refractivity contribution < 1.29 is 4.79 Å². The summed E-state index contributed by atoms with van der Waals surface area (Å²) in [5, 5.41) is 8.81. The van der Waals surface area contributed by atoms with Crippen molar-refractivity contribution in [3.05, 3.63) is 28.2 Å². The minimum atomic E-state index is -0.0236. The number of rotatable bonds is 4. The standard InChI is InChI=1S/C13H19BrN4O/c1-9-8-10(14)4-5-11(9)18-12(19)6-7-17-13(15-2)16-3/h4-5,8H,6-7H2,1-3H3,(H,18,19)(H2,15,16,17). The predicted molar refractivity (Wildman–Crippen MR) is 82.5 cm³/mol. The van der Waals surface area contributed by atoms with Crippen molar-refractivity contribution in [3.8, 4) is 0 Å². The molecule has 0 fully saturated rings. The van der Waals surface area contributed by atoms with E-state index in [0.717, 1.165) is 15.7 Å². The number of aliphatic imine (C=N–C) groups is 1. The lowest BCUT2D eigenvalue weighted by Crippen LogP contribution is -2.36. The summed E-state index contributed by atoms with van der Waals surface area (Å²) in [4.78, 5) is 15.8. The third kappa shape index (κ3) is 5.30. The first-order valence-corrected chi connectivity index (χ1v) is 6.80. The lowest BCUT2D eigenvalue weighted by atomic mass is 10.2. The molecule has 0 aliphatic rings. The van der Waals surface area contributed by atoms with Gasteiger partial charge in [0.1, 0.15) is 0 Å². The number of guanidine groups is 1. The van der Waals surface area contributed by atoms with Crippen LogP contribution in [-0.2, 0) is 4.79 Å². The number of nitrogens with zero attached hydrogens (tertiary/aromatic N) is 1. The Balaban J connectivity index is 2.43. The van der Waals surface area contributed by atoms with Crippen molar-refractivity contribution in [1.82, 2.24) is 10.6 Å². The summed E-state index contributed by atoms with van der Waals surface area (Å²) in [5.41, 5.74) is 1.87. The molecule has 0 saturated carbocycles. The molecule has 5 nitrogen and oxygen atoms in total. The van der Waals surface area contributed by atoms with Gasteiger partial charge in [-0.2, -0.15) is 0 Å². The largest absolute Gasteiger partial charge is 0.359 e. The fourth-order valence-corrected chi connectivity index (χ4v) is 2.03. The summed E-state index contributed by atoms with van der Waals surface area (Å²) < 4.78 is 1.00. The molecule has 0 atom stereocenters. The zero-order chi connectivity index (χ0) is 14.3. The molecule has 0 spiro atoms. The van der Waals surface area contributed by atoms with Crippen LogP contribution in [0.15, 0.2) is 27.7 Å². The summed E-state index contributed by atoms with van der Waals surface area (Å²) in [6, 6.07) is 5.76. The first-order chi connectivity index (χ1) is 9.06. The van der Waals surface area contributed by atoms with Gasteiger partial charge < -0.3 is 16.0 Å². The highest BCUT2D eigenvalue weighted by atomic mass is 79.9. The second kappa shape index (κ2) is 7.78. The molecule has 19 heavy (non-hydrogen) atoms. The molecule has 1 rings (SSSR count). The van der Waals surface area contributed by atoms with Crippen LogP contribution in [0.25, 0.3) is 0 Å². The summed E-state index contributed by atoms with van der Waals surface area (Å²) in [7, 11) is 3.46. The molecular weight excluding hydrogens is 308 g/mol. The van der Waals surface area contributed by atoms with E-state index in [4.69, 9.17) is 0 Å². The second-order valence-corrected chi connectivity index (χ2v) is 4.92. The smallest absolute Gasteiger partial charge is 0.226 e. The molecule has 1 aromatic rings. The average molecular weight is 327 g/mol. The molecule has 0 aliphatic carbocycles. The van der Waals surface area contributed by atoms with Gasteiger partial charge in [-0.25, -0.2) is 0 Å². The number of anilines is 1. The molecule has 0 unspecified atom stereocenters. The van der Waals surface area contributed by atoms with Crippen LogP contribution in [0.4, 0.5) is 5.69 Å². The minimum absolute atomic E-state index is 0.0236. The molecule has 0 aliphatic heterocycles. The number of carbonyl (C=O) groups excluding carboxylic acids is 1. The van der Waals surface area contributed by atoms with Crippen LogP contribution in [-0.4, -0.2) is 32.5 Å². The van der Waals surface area contributed by atoms with Gasteiger partial charge in [0.05, 0.1) is 0 Å². The van der Waals surface area contributed by atoms with Crippen molar-refractivity contribution in [2.24, 2.45) is 4.99 Å². The maximum Gasteiger partial charge on any atom is 0.226 e. The van der Waals surface area contributed by atoms with Crippen LogP contribution >= 0.6 is 15.9 Å². The molecule has 1 aromatic carbocycles. The van der Waals surface area contributed by atoms with E-state index in [0.29, 0.717) is 18.9 Å². The van der Waals surface area contributed by atoms with E-state index in [1.54, 1.807) is 14.1 Å². The highest BCUT2D eigenvalue weighted by Gasteiger charge is 2.05. The molecule has 104 valence electrons. The first-order valence-electron chi connectivity index (χ1n) is 6.01. The number of hydrogen-bond donors (Lipinski definition) is 3. The van der Waals surface area contributed by atoms with Crippen LogP contribution in [0.2, 0.25) is 0 Å². The Kier molecular flexibility index (Phi) is 6.35. The Morgan fingerprint density at radius 2 is 2.16 bits per heavy atom. The maximum absolute atomic E-state index is 11.8. The van der Waals surface area contributed by atoms with Crippen LogP contribution in [0.5, 0.6) is 0 Å². The fraction of sp³-hybridized carbons (Fsp3) is 0.385. The summed E-state index contributed by atoms with van der Waals surface area (Å²) in [6.45, 7) is 2.50. The maximum atomic E-state index is 11.8. The number of amides is 1. The van der Waals surface area contributed by atoms with Crippen molar-refractivity contribution >= 4 is 33.5 Å². The van der Waals surface area contributed by atoms with E-state index in [2.05, 4.69) is 36.9 Å². The predicted octanol–water partition coefficient (Wildman–Crippen LogP) is 1.88. The van der Waals surface area contributed by atoms with E-state index >= 15 is 0 Å². The summed E-state index contributed by atoms with van der Waals surface area (Å²) >= 11 is 3.39. The quantitative estimate of drug-likeness (QED) is 0.584. The first kappa shape index (κ1) is 15.5. The van der Waals surface area contributed by atoms with Crippen molar-refractivity contribution in [2.75, 3.05) is 26.0 Å². The van der Waals surface area contributed by atoms with Gasteiger partial charge in [0.25, 0.3) is 0 Å². The van der Waals surface area contributed by atoms with Gasteiger partial charge in [0.15, 0.2) is 5.96 Å². The Hall–Kier alpha value is -1.56. The highest BCUT2D eigenvalue weighted by molar-refractivity contribution is 9.10. The monoisotopic (exact) mass is 326 g/mol. The van der Waals surface area contributed by atoms with Crippen molar-refractivity contribution in [3.63, 3.8) is 0 Å². The van der Waals surface area contributed by atoms with Crippen LogP contribution in [0, 0.1) is 6.92 Å². The van der Waals surface area contributed by atoms with E-state index in [1.165, 1.54) is 0 Å². The Morgan fingerprint density at radius 1 is 1.42 bits per heavy atom. The van der Waals surface area contributed by atoms with Gasteiger partial charge in [-0.3, -0.25) is 9.79 Å². The molecule has 6 heteroatoms. The SMILES string of the molecule is CN=C(NC)NCCC(=O)Nc1ccc(Br)cc1C. The third-order valence-electron chi connectivity index (χ3n) is 2.57. The van der Waals surface area contributed by atoms with Crippen molar-refractivity contribution in [2.45, 2.75) is 13.3 Å². The fourth-order valence-electron chi connectivity index (χ4n) is 1.55. The lowest BCUT2D eigenvalue weighted by molar-refractivity contribution is -0.116. The topological polar surface area (TPSA) is 65.5 Å². The molecule has 0 saturated heterocycles. The molecule has 1 amide bonds. The van der Waals surface area contributed by atoms with E-state index < -0.39 is 0 Å². The van der Waals surface area contributed by atoms with Gasteiger partial charge >= 0.3 is 0 Å². The van der Waals surface area contributed by atoms with Crippen LogP contribution < -0.4 is 16.0 Å². The Bertz CT molecular complexity index is 474. The zero-order valence-corrected chi connectivity index (χ0v) is 13.0. The second-order valence-electron chi connectivity index (χ2n) is 4.01. The van der Waals surface area contributed by atoms with Crippen LogP contribution in [0.1, 0.15) is 12.0 Å². The Morgan fingerprint density at radius 3 is 2.74 bits per heavy atom. The number of halogens is 1. The number of nitrogens with one attached hydrogen (secondary N) is 3. The van der Waals surface area contributed by atoms with Crippen LogP contribution in [0.3, 0.4) is 0 Å². The van der Waals surface area contributed by atoms with Gasteiger partial charge in [-0.05, 0) is 30.7 Å². The number of carbonyl (C=O) groups is 1. The third-order valence-corrected chi connectivity index (χ3v) is 3.06. The summed E-state index contributed by atoms with van der Waals surface area (Å²) in [6.07, 6.45) is 0.385. The normalized spacial score (nSPS) is 11.1. The highest BCUT2D eigenvalue weighted by Crippen LogP contribution is 2.19. The summed E-state index contributed by atoms with van der Waals surface area (Å²) in [5.74, 6) is 0.650. The van der Waals surface area contributed by atoms with E-state index in [1.807, 2.05) is 25.1 Å². The molecule has 0 aromatic heterocycles. The minimum Gasteiger partial charge on any atom is -0.359 e. The van der Waals surface area contributed by atoms with E-state index in [-0.39, 0.29) is 5.91 Å². The Labute approximate surface area is 122 Å². The molecular formula is C13H19BrN4O. The van der Waals surface area contributed by atoms with Gasteiger partial charge in [0.2, 0.25) is 5.91 Å². The average Bonchev–Trinajstić information content (AvgIpc) is 2.38. The van der Waals surface area contributed by atoms with Gasteiger partial charge in [0, 0.05) is 37.2 Å².